The fourth-order valence-corrected chi connectivity index (χ4v) is 1.60. The van der Waals surface area contributed by atoms with E-state index in [9.17, 15) is 9.59 Å². The first-order valence-electron chi connectivity index (χ1n) is 8.39. The highest BCUT2D eigenvalue weighted by Crippen LogP contribution is 1.96. The molecule has 4 N–H and O–H groups in total. The normalized spacial score (nSPS) is 9.26. The molecule has 0 aliphatic carbocycles. The van der Waals surface area contributed by atoms with Gasteiger partial charge in [-0.3, -0.25) is 0 Å². The molecule has 2 rings (SSSR count). The SMILES string of the molecule is O=C(O)c1ccccc1.O=C(O)c1ccccc1.OCCCOCCCO. The van der Waals surface area contributed by atoms with Crippen molar-refractivity contribution in [1.29, 1.82) is 0 Å². The number of rotatable bonds is 8. The Balaban J connectivity index is 0.000000376. The molecular weight excluding hydrogens is 352 g/mol. The second kappa shape index (κ2) is 16.7. The van der Waals surface area contributed by atoms with E-state index in [0.29, 0.717) is 37.2 Å². The molecule has 0 saturated heterocycles. The Bertz CT molecular complexity index is 559. The smallest absolute Gasteiger partial charge is 0.335 e. The molecule has 0 aliphatic heterocycles. The number of carboxylic acids is 2. The first-order valence-corrected chi connectivity index (χ1v) is 8.39. The summed E-state index contributed by atoms with van der Waals surface area (Å²) in [5, 5.41) is 33.4. The summed E-state index contributed by atoms with van der Waals surface area (Å²) in [5.74, 6) is -1.76. The molecule has 0 atom stereocenters. The molecule has 0 unspecified atom stereocenters. The quantitative estimate of drug-likeness (QED) is 0.520. The van der Waals surface area contributed by atoms with Gasteiger partial charge in [0.1, 0.15) is 0 Å². The molecule has 0 fully saturated rings. The molecule has 0 spiro atoms. The first kappa shape index (κ1) is 24.3. The Hall–Kier alpha value is -2.74. The van der Waals surface area contributed by atoms with Crippen LogP contribution >= 0.6 is 0 Å². The zero-order valence-electron chi connectivity index (χ0n) is 15.0. The summed E-state index contributed by atoms with van der Waals surface area (Å²) >= 11 is 0. The highest BCUT2D eigenvalue weighted by Gasteiger charge is 1.97. The molecule has 2 aromatic rings. The minimum absolute atomic E-state index is 0.180. The number of aliphatic hydroxyl groups is 2. The van der Waals surface area contributed by atoms with E-state index in [0.717, 1.165) is 0 Å². The zero-order valence-corrected chi connectivity index (χ0v) is 15.0. The lowest BCUT2D eigenvalue weighted by Gasteiger charge is -1.99. The summed E-state index contributed by atoms with van der Waals surface area (Å²) in [6.07, 6.45) is 1.37. The van der Waals surface area contributed by atoms with Gasteiger partial charge in [0.2, 0.25) is 0 Å². The minimum Gasteiger partial charge on any atom is -0.478 e. The molecule has 0 aliphatic rings. The van der Waals surface area contributed by atoms with Gasteiger partial charge < -0.3 is 25.2 Å². The molecular formula is C20H26O7. The highest BCUT2D eigenvalue weighted by molar-refractivity contribution is 5.87. The predicted octanol–water partition coefficient (Wildman–Crippen LogP) is 2.54. The van der Waals surface area contributed by atoms with Gasteiger partial charge in [0, 0.05) is 26.4 Å². The average molecular weight is 378 g/mol. The van der Waals surface area contributed by atoms with Gasteiger partial charge in [0.15, 0.2) is 0 Å². The van der Waals surface area contributed by atoms with E-state index in [1.54, 1.807) is 60.7 Å². The third-order valence-electron chi connectivity index (χ3n) is 2.94. The van der Waals surface area contributed by atoms with Crippen molar-refractivity contribution in [3.63, 3.8) is 0 Å². The molecule has 2 aromatic carbocycles. The largest absolute Gasteiger partial charge is 0.478 e. The molecule has 27 heavy (non-hydrogen) atoms. The third kappa shape index (κ3) is 14.1. The summed E-state index contributed by atoms with van der Waals surface area (Å²) in [4.78, 5) is 20.4. The van der Waals surface area contributed by atoms with Crippen molar-refractivity contribution in [2.45, 2.75) is 12.8 Å². The van der Waals surface area contributed by atoms with Crippen LogP contribution in [0, 0.1) is 0 Å². The summed E-state index contributed by atoms with van der Waals surface area (Å²) in [6, 6.07) is 16.6. The van der Waals surface area contributed by atoms with Crippen LogP contribution < -0.4 is 0 Å². The molecule has 0 heterocycles. The van der Waals surface area contributed by atoms with E-state index >= 15 is 0 Å². The van der Waals surface area contributed by atoms with Crippen LogP contribution in [0.5, 0.6) is 0 Å². The maximum Gasteiger partial charge on any atom is 0.335 e. The summed E-state index contributed by atoms with van der Waals surface area (Å²) < 4.78 is 4.99. The lowest BCUT2D eigenvalue weighted by Crippen LogP contribution is -2.00. The number of aromatic carboxylic acids is 2. The van der Waals surface area contributed by atoms with Crippen molar-refractivity contribution >= 4 is 11.9 Å². The zero-order chi connectivity index (χ0) is 20.3. The number of hydrogen-bond acceptors (Lipinski definition) is 5. The molecule has 148 valence electrons. The van der Waals surface area contributed by atoms with Gasteiger partial charge in [-0.1, -0.05) is 36.4 Å². The number of ether oxygens (including phenoxy) is 1. The van der Waals surface area contributed by atoms with Crippen molar-refractivity contribution in [1.82, 2.24) is 0 Å². The van der Waals surface area contributed by atoms with Crippen molar-refractivity contribution in [2.75, 3.05) is 26.4 Å². The molecule has 7 nitrogen and oxygen atoms in total. The van der Waals surface area contributed by atoms with E-state index in [2.05, 4.69) is 0 Å². The Morgan fingerprint density at radius 3 is 1.22 bits per heavy atom. The van der Waals surface area contributed by atoms with E-state index < -0.39 is 11.9 Å². The van der Waals surface area contributed by atoms with Crippen LogP contribution in [0.15, 0.2) is 60.7 Å². The van der Waals surface area contributed by atoms with Gasteiger partial charge in [0.25, 0.3) is 0 Å². The van der Waals surface area contributed by atoms with Gasteiger partial charge in [-0.2, -0.15) is 0 Å². The maximum atomic E-state index is 10.2. The lowest BCUT2D eigenvalue weighted by atomic mass is 10.2. The van der Waals surface area contributed by atoms with Crippen molar-refractivity contribution in [3.05, 3.63) is 71.8 Å². The van der Waals surface area contributed by atoms with Crippen LogP contribution in [0.25, 0.3) is 0 Å². The first-order chi connectivity index (χ1) is 13.0. The van der Waals surface area contributed by atoms with Gasteiger partial charge in [-0.05, 0) is 37.1 Å². The number of carbonyl (C=O) groups is 2. The second-order valence-electron chi connectivity index (χ2n) is 5.11. The fraction of sp³-hybridized carbons (Fsp3) is 0.300. The van der Waals surface area contributed by atoms with Crippen LogP contribution in [0.1, 0.15) is 33.6 Å². The summed E-state index contributed by atoms with van der Waals surface area (Å²) in [7, 11) is 0. The third-order valence-corrected chi connectivity index (χ3v) is 2.94. The molecule has 0 bridgehead atoms. The van der Waals surface area contributed by atoms with Crippen LogP contribution in [-0.2, 0) is 4.74 Å². The monoisotopic (exact) mass is 378 g/mol. The Morgan fingerprint density at radius 2 is 1.00 bits per heavy atom. The van der Waals surface area contributed by atoms with Crippen LogP contribution in [0.2, 0.25) is 0 Å². The highest BCUT2D eigenvalue weighted by atomic mass is 16.5. The van der Waals surface area contributed by atoms with Crippen LogP contribution in [0.3, 0.4) is 0 Å². The van der Waals surface area contributed by atoms with Gasteiger partial charge in [0.05, 0.1) is 11.1 Å². The molecule has 0 radical (unpaired) electrons. The Kier molecular flexibility index (Phi) is 15.0. The molecule has 7 heteroatoms. The van der Waals surface area contributed by atoms with E-state index in [4.69, 9.17) is 25.2 Å². The standard InChI is InChI=1S/2C7H6O2.C6H14O3/c2*8-7(9)6-4-2-1-3-5-6;7-3-1-5-9-6-2-4-8/h2*1-5H,(H,8,9);7-8H,1-6H2. The Labute approximate surface area is 158 Å². The van der Waals surface area contributed by atoms with Crippen molar-refractivity contribution in [3.8, 4) is 0 Å². The Morgan fingerprint density at radius 1 is 0.667 bits per heavy atom. The average Bonchev–Trinajstić information content (AvgIpc) is 2.70. The number of carboxylic acid groups (broad SMARTS) is 2. The van der Waals surface area contributed by atoms with Gasteiger partial charge >= 0.3 is 11.9 Å². The maximum absolute atomic E-state index is 10.2. The summed E-state index contributed by atoms with van der Waals surface area (Å²) in [6.45, 7) is 1.55. The van der Waals surface area contributed by atoms with Crippen LogP contribution in [-0.4, -0.2) is 58.8 Å². The molecule has 0 amide bonds. The predicted molar refractivity (Wildman–Crippen MR) is 101 cm³/mol. The van der Waals surface area contributed by atoms with Crippen molar-refractivity contribution < 1.29 is 34.8 Å². The second-order valence-corrected chi connectivity index (χ2v) is 5.11. The topological polar surface area (TPSA) is 124 Å². The van der Waals surface area contributed by atoms with E-state index in [-0.39, 0.29) is 13.2 Å². The number of benzene rings is 2. The van der Waals surface area contributed by atoms with E-state index in [1.165, 1.54) is 0 Å². The lowest BCUT2D eigenvalue weighted by molar-refractivity contribution is 0.0686. The number of aliphatic hydroxyl groups excluding tert-OH is 2. The van der Waals surface area contributed by atoms with Crippen molar-refractivity contribution in [2.24, 2.45) is 0 Å². The molecule has 0 aromatic heterocycles. The van der Waals surface area contributed by atoms with E-state index in [1.807, 2.05) is 0 Å². The molecule has 0 saturated carbocycles. The summed E-state index contributed by atoms with van der Waals surface area (Å²) in [5.41, 5.74) is 0.662. The number of hydrogen-bond donors (Lipinski definition) is 4. The minimum atomic E-state index is -0.879. The van der Waals surface area contributed by atoms with Crippen LogP contribution in [0.4, 0.5) is 0 Å². The van der Waals surface area contributed by atoms with Gasteiger partial charge in [-0.15, -0.1) is 0 Å². The fourth-order valence-electron chi connectivity index (χ4n) is 1.60. The van der Waals surface area contributed by atoms with Gasteiger partial charge in [-0.25, -0.2) is 9.59 Å².